The number of methoxy groups -OCH3 is 1. The van der Waals surface area contributed by atoms with E-state index in [0.29, 0.717) is 32.0 Å². The van der Waals surface area contributed by atoms with Crippen LogP contribution >= 0.6 is 0 Å². The van der Waals surface area contributed by atoms with Crippen LogP contribution in [0.1, 0.15) is 18.1 Å². The number of halogens is 1. The van der Waals surface area contributed by atoms with Crippen LogP contribution < -0.4 is 14.8 Å². The van der Waals surface area contributed by atoms with Crippen LogP contribution in [0.2, 0.25) is 0 Å². The monoisotopic (exact) mass is 415 g/mol. The number of carbonyl (C=O) groups is 1. The Kier molecular flexibility index (Phi) is 8.04. The number of rotatable bonds is 9. The smallest absolute Gasteiger partial charge is 0.234 e. The molecule has 0 spiro atoms. The highest BCUT2D eigenvalue weighted by atomic mass is 19.1. The van der Waals surface area contributed by atoms with Gasteiger partial charge in [-0.1, -0.05) is 12.1 Å². The van der Waals surface area contributed by atoms with E-state index >= 15 is 0 Å². The number of hydrogen-bond donors (Lipinski definition) is 1. The lowest BCUT2D eigenvalue weighted by Crippen LogP contribution is -2.49. The van der Waals surface area contributed by atoms with Crippen molar-refractivity contribution in [3.05, 3.63) is 59.4 Å². The molecular formula is C23H30FN3O3. The Balaban J connectivity index is 1.42. The molecule has 6 nitrogen and oxygen atoms in total. The van der Waals surface area contributed by atoms with Crippen LogP contribution in [0.25, 0.3) is 0 Å². The van der Waals surface area contributed by atoms with Crippen molar-refractivity contribution in [3.8, 4) is 11.5 Å². The molecule has 1 heterocycles. The molecule has 1 aliphatic heterocycles. The molecule has 0 aliphatic carbocycles. The van der Waals surface area contributed by atoms with Crippen molar-refractivity contribution in [2.45, 2.75) is 20.0 Å². The summed E-state index contributed by atoms with van der Waals surface area (Å²) in [5.41, 5.74) is 1.86. The standard InChI is InChI=1S/C23H30FN3O3/c1-3-30-21-6-4-5-18(13-21)15-25-23(28)17-27-11-9-26(10-12-27)16-19-14-20(24)7-8-22(19)29-2/h4-8,13-14H,3,9-12,15-17H2,1-2H3,(H,25,28). The molecule has 1 fully saturated rings. The maximum absolute atomic E-state index is 13.6. The molecule has 1 aliphatic rings. The lowest BCUT2D eigenvalue weighted by Gasteiger charge is -2.34. The van der Waals surface area contributed by atoms with E-state index in [-0.39, 0.29) is 11.7 Å². The number of nitrogens with zero attached hydrogens (tertiary/aromatic N) is 2. The summed E-state index contributed by atoms with van der Waals surface area (Å²) in [7, 11) is 1.60. The molecule has 3 rings (SSSR count). The molecule has 1 saturated heterocycles. The first-order valence-electron chi connectivity index (χ1n) is 10.3. The van der Waals surface area contributed by atoms with E-state index in [0.717, 1.165) is 43.1 Å². The Morgan fingerprint density at radius 2 is 1.87 bits per heavy atom. The third-order valence-electron chi connectivity index (χ3n) is 5.17. The van der Waals surface area contributed by atoms with Crippen LogP contribution in [-0.2, 0) is 17.9 Å². The molecule has 7 heteroatoms. The summed E-state index contributed by atoms with van der Waals surface area (Å²) < 4.78 is 24.4. The summed E-state index contributed by atoms with van der Waals surface area (Å²) >= 11 is 0. The molecule has 2 aromatic rings. The Morgan fingerprint density at radius 3 is 2.60 bits per heavy atom. The van der Waals surface area contributed by atoms with Crippen molar-refractivity contribution in [1.82, 2.24) is 15.1 Å². The van der Waals surface area contributed by atoms with E-state index in [2.05, 4.69) is 15.1 Å². The summed E-state index contributed by atoms with van der Waals surface area (Å²) in [5.74, 6) is 1.27. The summed E-state index contributed by atoms with van der Waals surface area (Å²) in [6.07, 6.45) is 0. The Bertz CT molecular complexity index is 838. The molecule has 0 saturated carbocycles. The van der Waals surface area contributed by atoms with E-state index in [1.807, 2.05) is 31.2 Å². The molecule has 30 heavy (non-hydrogen) atoms. The third kappa shape index (κ3) is 6.43. The zero-order valence-corrected chi connectivity index (χ0v) is 17.7. The zero-order valence-electron chi connectivity index (χ0n) is 17.7. The van der Waals surface area contributed by atoms with Gasteiger partial charge in [-0.05, 0) is 42.8 Å². The van der Waals surface area contributed by atoms with E-state index < -0.39 is 0 Å². The van der Waals surface area contributed by atoms with Crippen LogP contribution in [0.4, 0.5) is 4.39 Å². The van der Waals surface area contributed by atoms with Crippen molar-refractivity contribution in [2.24, 2.45) is 0 Å². The van der Waals surface area contributed by atoms with Gasteiger partial charge in [0.05, 0.1) is 20.3 Å². The first-order chi connectivity index (χ1) is 14.6. The van der Waals surface area contributed by atoms with Gasteiger partial charge in [0.15, 0.2) is 0 Å². The van der Waals surface area contributed by atoms with Gasteiger partial charge in [0.1, 0.15) is 17.3 Å². The van der Waals surface area contributed by atoms with Crippen LogP contribution in [0.3, 0.4) is 0 Å². The second kappa shape index (κ2) is 10.9. The fourth-order valence-electron chi connectivity index (χ4n) is 3.59. The fourth-order valence-corrected chi connectivity index (χ4v) is 3.59. The number of amides is 1. The van der Waals surface area contributed by atoms with Crippen molar-refractivity contribution in [1.29, 1.82) is 0 Å². The van der Waals surface area contributed by atoms with Crippen LogP contribution in [0.15, 0.2) is 42.5 Å². The number of hydrogen-bond acceptors (Lipinski definition) is 5. The maximum atomic E-state index is 13.6. The minimum atomic E-state index is -0.257. The third-order valence-corrected chi connectivity index (χ3v) is 5.17. The second-order valence-electron chi connectivity index (χ2n) is 7.37. The molecule has 0 unspecified atom stereocenters. The Labute approximate surface area is 177 Å². The van der Waals surface area contributed by atoms with Gasteiger partial charge in [0.25, 0.3) is 0 Å². The zero-order chi connectivity index (χ0) is 21.3. The van der Waals surface area contributed by atoms with Crippen molar-refractivity contribution in [3.63, 3.8) is 0 Å². The molecule has 2 aromatic carbocycles. The number of ether oxygens (including phenoxy) is 2. The predicted molar refractivity (Wildman–Crippen MR) is 114 cm³/mol. The van der Waals surface area contributed by atoms with E-state index in [9.17, 15) is 9.18 Å². The van der Waals surface area contributed by atoms with Gasteiger partial charge in [-0.25, -0.2) is 4.39 Å². The van der Waals surface area contributed by atoms with Gasteiger partial charge in [-0.15, -0.1) is 0 Å². The molecule has 0 aromatic heterocycles. The fraction of sp³-hybridized carbons (Fsp3) is 0.435. The molecule has 0 radical (unpaired) electrons. The van der Waals surface area contributed by atoms with Crippen molar-refractivity contribution >= 4 is 5.91 Å². The summed E-state index contributed by atoms with van der Waals surface area (Å²) in [6.45, 7) is 7.30. The van der Waals surface area contributed by atoms with E-state index in [4.69, 9.17) is 9.47 Å². The molecule has 162 valence electrons. The molecular weight excluding hydrogens is 385 g/mol. The maximum Gasteiger partial charge on any atom is 0.234 e. The highest BCUT2D eigenvalue weighted by molar-refractivity contribution is 5.78. The Hall–Kier alpha value is -2.64. The molecule has 0 atom stereocenters. The minimum absolute atomic E-state index is 0.0112. The minimum Gasteiger partial charge on any atom is -0.496 e. The SMILES string of the molecule is CCOc1cccc(CNC(=O)CN2CCN(Cc3cc(F)ccc3OC)CC2)c1. The van der Waals surface area contributed by atoms with Crippen molar-refractivity contribution in [2.75, 3.05) is 46.4 Å². The molecule has 0 bridgehead atoms. The first-order valence-corrected chi connectivity index (χ1v) is 10.3. The summed E-state index contributed by atoms with van der Waals surface area (Å²) in [4.78, 5) is 16.7. The average molecular weight is 416 g/mol. The van der Waals surface area contributed by atoms with Crippen molar-refractivity contribution < 1.29 is 18.7 Å². The molecule has 1 amide bonds. The average Bonchev–Trinajstić information content (AvgIpc) is 2.74. The molecule has 1 N–H and O–H groups in total. The van der Waals surface area contributed by atoms with Gasteiger partial charge in [0.2, 0.25) is 5.91 Å². The number of benzene rings is 2. The topological polar surface area (TPSA) is 54.0 Å². The van der Waals surface area contributed by atoms with Gasteiger partial charge < -0.3 is 14.8 Å². The lowest BCUT2D eigenvalue weighted by atomic mass is 10.1. The van der Waals surface area contributed by atoms with Gasteiger partial charge in [-0.2, -0.15) is 0 Å². The van der Waals surface area contributed by atoms with E-state index in [1.54, 1.807) is 13.2 Å². The van der Waals surface area contributed by atoms with Crippen LogP contribution in [0.5, 0.6) is 11.5 Å². The largest absolute Gasteiger partial charge is 0.496 e. The van der Waals surface area contributed by atoms with E-state index in [1.165, 1.54) is 12.1 Å². The number of piperazine rings is 1. The highest BCUT2D eigenvalue weighted by Crippen LogP contribution is 2.21. The van der Waals surface area contributed by atoms with Gasteiger partial charge in [-0.3, -0.25) is 14.6 Å². The normalized spacial score (nSPS) is 15.0. The highest BCUT2D eigenvalue weighted by Gasteiger charge is 2.20. The van der Waals surface area contributed by atoms with Gasteiger partial charge >= 0.3 is 0 Å². The lowest BCUT2D eigenvalue weighted by molar-refractivity contribution is -0.122. The van der Waals surface area contributed by atoms with Crippen LogP contribution in [0, 0.1) is 5.82 Å². The quantitative estimate of drug-likeness (QED) is 0.683. The summed E-state index contributed by atoms with van der Waals surface area (Å²) in [5, 5.41) is 2.98. The summed E-state index contributed by atoms with van der Waals surface area (Å²) in [6, 6.07) is 12.4. The Morgan fingerprint density at radius 1 is 1.10 bits per heavy atom. The number of carbonyl (C=O) groups excluding carboxylic acids is 1. The van der Waals surface area contributed by atoms with Gasteiger partial charge in [0, 0.05) is 44.8 Å². The van der Waals surface area contributed by atoms with Crippen LogP contribution in [-0.4, -0.2) is 62.1 Å². The second-order valence-corrected chi connectivity index (χ2v) is 7.37. The number of nitrogens with one attached hydrogen (secondary N) is 1. The predicted octanol–water partition coefficient (Wildman–Crippen LogP) is 2.67. The first kappa shape index (κ1) is 22.1.